The highest BCUT2D eigenvalue weighted by atomic mass is 32.2. The second-order valence-corrected chi connectivity index (χ2v) is 8.84. The van der Waals surface area contributed by atoms with Gasteiger partial charge in [0.1, 0.15) is 5.82 Å². The summed E-state index contributed by atoms with van der Waals surface area (Å²) in [7, 11) is 3.78. The number of aldehydes is 1. The summed E-state index contributed by atoms with van der Waals surface area (Å²) in [6.45, 7) is 15.9. The maximum Gasteiger partial charge on any atom is 0.153 e. The number of carbonyl (C=O) groups is 1. The molecule has 2 rings (SSSR count). The van der Waals surface area contributed by atoms with Crippen molar-refractivity contribution in [2.45, 2.75) is 59.9 Å². The number of anilines is 1. The third-order valence-electron chi connectivity index (χ3n) is 3.94. The Balaban J connectivity index is 0. The van der Waals surface area contributed by atoms with Gasteiger partial charge < -0.3 is 10.6 Å². The first kappa shape index (κ1) is 28.9. The molecule has 1 aliphatic heterocycles. The van der Waals surface area contributed by atoms with Crippen LogP contribution in [-0.4, -0.2) is 37.4 Å². The molecule has 0 amide bonds. The molecular formula is C23H41FN2OS. The SMILES string of the molecule is C=CC.CC(C)C.CNC1(C)CCSCC1.CNc1cc(F)c(C=O)cc1C. The number of nitrogens with one attached hydrogen (secondary N) is 2. The van der Waals surface area contributed by atoms with Crippen molar-refractivity contribution in [2.75, 3.05) is 30.9 Å². The van der Waals surface area contributed by atoms with Crippen molar-refractivity contribution in [1.29, 1.82) is 0 Å². The third kappa shape index (κ3) is 13.8. The van der Waals surface area contributed by atoms with Gasteiger partial charge in [-0.25, -0.2) is 4.39 Å². The minimum atomic E-state index is -0.486. The maximum atomic E-state index is 12.9. The van der Waals surface area contributed by atoms with Gasteiger partial charge in [-0.3, -0.25) is 4.79 Å². The lowest BCUT2D eigenvalue weighted by Gasteiger charge is -2.32. The molecule has 1 aromatic rings. The fourth-order valence-electron chi connectivity index (χ4n) is 2.14. The van der Waals surface area contributed by atoms with E-state index in [0.717, 1.165) is 11.5 Å². The van der Waals surface area contributed by atoms with Crippen molar-refractivity contribution < 1.29 is 9.18 Å². The lowest BCUT2D eigenvalue weighted by molar-refractivity contribution is 0.111. The molecule has 0 aliphatic carbocycles. The summed E-state index contributed by atoms with van der Waals surface area (Å²) >= 11 is 2.07. The Morgan fingerprint density at radius 3 is 2.00 bits per heavy atom. The average molecular weight is 413 g/mol. The number of rotatable bonds is 3. The second kappa shape index (κ2) is 16.6. The lowest BCUT2D eigenvalue weighted by atomic mass is 9.95. The molecule has 28 heavy (non-hydrogen) atoms. The molecule has 2 N–H and O–H groups in total. The van der Waals surface area contributed by atoms with Gasteiger partial charge >= 0.3 is 0 Å². The minimum Gasteiger partial charge on any atom is -0.388 e. The molecule has 0 spiro atoms. The van der Waals surface area contributed by atoms with Crippen LogP contribution >= 0.6 is 11.8 Å². The van der Waals surface area contributed by atoms with Gasteiger partial charge in [-0.1, -0.05) is 26.8 Å². The van der Waals surface area contributed by atoms with Crippen LogP contribution in [0, 0.1) is 18.7 Å². The first-order valence-electron chi connectivity index (χ1n) is 9.87. The van der Waals surface area contributed by atoms with Crippen molar-refractivity contribution >= 4 is 23.7 Å². The molecule has 1 saturated heterocycles. The van der Waals surface area contributed by atoms with Crippen molar-refractivity contribution in [3.63, 3.8) is 0 Å². The van der Waals surface area contributed by atoms with Crippen LogP contribution in [0.1, 0.15) is 63.4 Å². The summed E-state index contributed by atoms with van der Waals surface area (Å²) in [6, 6.07) is 2.84. The molecule has 0 aromatic heterocycles. The topological polar surface area (TPSA) is 41.1 Å². The van der Waals surface area contributed by atoms with E-state index in [1.54, 1.807) is 13.1 Å². The zero-order chi connectivity index (χ0) is 22.2. The molecule has 0 atom stereocenters. The van der Waals surface area contributed by atoms with E-state index in [-0.39, 0.29) is 5.56 Å². The average Bonchev–Trinajstić information content (AvgIpc) is 2.64. The number of carbonyl (C=O) groups excluding carboxylic acids is 1. The smallest absolute Gasteiger partial charge is 0.153 e. The summed E-state index contributed by atoms with van der Waals surface area (Å²) in [5, 5.41) is 6.20. The molecule has 0 bridgehead atoms. The van der Waals surface area contributed by atoms with E-state index in [0.29, 0.717) is 17.5 Å². The molecule has 0 radical (unpaired) electrons. The Bertz CT molecular complexity index is 553. The van der Waals surface area contributed by atoms with Crippen molar-refractivity contribution in [3.8, 4) is 0 Å². The van der Waals surface area contributed by atoms with Crippen LogP contribution in [0.5, 0.6) is 0 Å². The van der Waals surface area contributed by atoms with E-state index in [2.05, 4.69) is 63.7 Å². The summed E-state index contributed by atoms with van der Waals surface area (Å²) in [4.78, 5) is 10.3. The third-order valence-corrected chi connectivity index (χ3v) is 4.93. The van der Waals surface area contributed by atoms with E-state index in [1.165, 1.54) is 36.5 Å². The number of aryl methyl sites for hydroxylation is 1. The molecule has 0 unspecified atom stereocenters. The van der Waals surface area contributed by atoms with Crippen molar-refractivity contribution in [3.05, 3.63) is 41.7 Å². The predicted molar refractivity (Wildman–Crippen MR) is 126 cm³/mol. The zero-order valence-corrected chi connectivity index (χ0v) is 19.9. The Morgan fingerprint density at radius 1 is 1.21 bits per heavy atom. The van der Waals surface area contributed by atoms with Gasteiger partial charge in [0.15, 0.2) is 6.29 Å². The first-order valence-corrected chi connectivity index (χ1v) is 11.0. The Morgan fingerprint density at radius 2 is 1.68 bits per heavy atom. The highest BCUT2D eigenvalue weighted by molar-refractivity contribution is 7.99. The molecule has 1 fully saturated rings. The highest BCUT2D eigenvalue weighted by Gasteiger charge is 2.23. The number of benzene rings is 1. The molecule has 1 aliphatic rings. The van der Waals surface area contributed by atoms with Gasteiger partial charge in [0, 0.05) is 18.3 Å². The van der Waals surface area contributed by atoms with Gasteiger partial charge in [0.25, 0.3) is 0 Å². The summed E-state index contributed by atoms with van der Waals surface area (Å²) in [5.41, 5.74) is 2.12. The fourth-order valence-corrected chi connectivity index (χ4v) is 3.53. The molecule has 1 aromatic carbocycles. The Hall–Kier alpha value is -1.33. The Kier molecular flexibility index (Phi) is 17.1. The van der Waals surface area contributed by atoms with E-state index in [9.17, 15) is 9.18 Å². The molecule has 0 saturated carbocycles. The van der Waals surface area contributed by atoms with Gasteiger partial charge in [-0.15, -0.1) is 6.58 Å². The van der Waals surface area contributed by atoms with Crippen LogP contribution in [0.15, 0.2) is 24.8 Å². The largest absolute Gasteiger partial charge is 0.388 e. The highest BCUT2D eigenvalue weighted by Crippen LogP contribution is 2.25. The molecular weight excluding hydrogens is 371 g/mol. The normalized spacial score (nSPS) is 14.2. The monoisotopic (exact) mass is 412 g/mol. The summed E-state index contributed by atoms with van der Waals surface area (Å²) in [6.07, 6.45) is 4.92. The summed E-state index contributed by atoms with van der Waals surface area (Å²) in [5.74, 6) is 3.01. The first-order chi connectivity index (χ1) is 13.1. The van der Waals surface area contributed by atoms with Crippen LogP contribution in [-0.2, 0) is 0 Å². The quantitative estimate of drug-likeness (QED) is 0.449. The standard InChI is InChI=1S/C9H10FNO.C7H15NS.C4H10.C3H6/c1-6-3-7(5-12)8(10)4-9(6)11-2;1-7(8-2)3-5-9-6-4-7;1-4(2)3;1-3-2/h3-5,11H,1-2H3;8H,3-6H2,1-2H3;4H,1-3H3;3H,1H2,2H3. The number of halogens is 1. The van der Waals surface area contributed by atoms with Crippen LogP contribution in [0.2, 0.25) is 0 Å². The van der Waals surface area contributed by atoms with E-state index < -0.39 is 5.82 Å². The van der Waals surface area contributed by atoms with E-state index in [1.807, 2.05) is 13.8 Å². The van der Waals surface area contributed by atoms with E-state index >= 15 is 0 Å². The van der Waals surface area contributed by atoms with Gasteiger partial charge in [0.2, 0.25) is 0 Å². The van der Waals surface area contributed by atoms with Crippen molar-refractivity contribution in [1.82, 2.24) is 5.32 Å². The van der Waals surface area contributed by atoms with Crippen LogP contribution in [0.25, 0.3) is 0 Å². The fraction of sp³-hybridized carbons (Fsp3) is 0.609. The molecule has 162 valence electrons. The second-order valence-electron chi connectivity index (χ2n) is 7.62. The van der Waals surface area contributed by atoms with E-state index in [4.69, 9.17) is 0 Å². The molecule has 5 heteroatoms. The lowest BCUT2D eigenvalue weighted by Crippen LogP contribution is -2.42. The van der Waals surface area contributed by atoms with Gasteiger partial charge in [0.05, 0.1) is 5.56 Å². The minimum absolute atomic E-state index is 0.103. The summed E-state index contributed by atoms with van der Waals surface area (Å²) < 4.78 is 12.9. The van der Waals surface area contributed by atoms with Crippen LogP contribution < -0.4 is 10.6 Å². The van der Waals surface area contributed by atoms with Gasteiger partial charge in [-0.05, 0) is 75.8 Å². The zero-order valence-electron chi connectivity index (χ0n) is 19.1. The molecule has 3 nitrogen and oxygen atoms in total. The molecule has 1 heterocycles. The number of allylic oxidation sites excluding steroid dienone is 1. The van der Waals surface area contributed by atoms with Gasteiger partial charge in [-0.2, -0.15) is 11.8 Å². The predicted octanol–water partition coefficient (Wildman–Crippen LogP) is 6.33. The van der Waals surface area contributed by atoms with Crippen LogP contribution in [0.3, 0.4) is 0 Å². The maximum absolute atomic E-state index is 12.9. The number of thioether (sulfide) groups is 1. The van der Waals surface area contributed by atoms with Crippen LogP contribution in [0.4, 0.5) is 10.1 Å². The van der Waals surface area contributed by atoms with Crippen molar-refractivity contribution in [2.24, 2.45) is 5.92 Å². The number of hydrogen-bond acceptors (Lipinski definition) is 4. The Labute approximate surface area is 177 Å². The number of hydrogen-bond donors (Lipinski definition) is 2.